The molecule has 27 heavy (non-hydrogen) atoms. The van der Waals surface area contributed by atoms with Crippen LogP contribution in [0.2, 0.25) is 0 Å². The van der Waals surface area contributed by atoms with Crippen LogP contribution in [0.5, 0.6) is 0 Å². The van der Waals surface area contributed by atoms with Crippen LogP contribution in [0.25, 0.3) is 0 Å². The number of nitrogens with zero attached hydrogens (tertiary/aromatic N) is 4. The number of anilines is 1. The Bertz CT molecular complexity index is 645. The predicted octanol–water partition coefficient (Wildman–Crippen LogP) is 3.25. The van der Waals surface area contributed by atoms with Gasteiger partial charge in [-0.1, -0.05) is 19.3 Å². The summed E-state index contributed by atoms with van der Waals surface area (Å²) in [6, 6.07) is 10.4. The lowest BCUT2D eigenvalue weighted by atomic mass is 9.94. The number of nitriles is 1. The van der Waals surface area contributed by atoms with E-state index in [2.05, 4.69) is 27.7 Å². The molecule has 0 spiro atoms. The van der Waals surface area contributed by atoms with Crippen molar-refractivity contribution in [2.24, 2.45) is 0 Å². The highest BCUT2D eigenvalue weighted by Crippen LogP contribution is 2.23. The van der Waals surface area contributed by atoms with Gasteiger partial charge in [0.25, 0.3) is 0 Å². The molecular formula is C22H32N4O. The van der Waals surface area contributed by atoms with Gasteiger partial charge >= 0.3 is 0 Å². The Kier molecular flexibility index (Phi) is 7.11. The molecule has 1 heterocycles. The molecule has 1 saturated carbocycles. The van der Waals surface area contributed by atoms with Gasteiger partial charge in [-0.25, -0.2) is 0 Å². The lowest BCUT2D eigenvalue weighted by Crippen LogP contribution is -2.47. The Morgan fingerprint density at radius 2 is 1.81 bits per heavy atom. The Morgan fingerprint density at radius 1 is 1.07 bits per heavy atom. The first-order valence-corrected chi connectivity index (χ1v) is 10.5. The molecule has 1 aliphatic carbocycles. The molecule has 0 radical (unpaired) electrons. The molecule has 0 N–H and O–H groups in total. The maximum Gasteiger partial charge on any atom is 0.236 e. The molecule has 1 aromatic carbocycles. The van der Waals surface area contributed by atoms with Crippen LogP contribution >= 0.6 is 0 Å². The van der Waals surface area contributed by atoms with E-state index in [1.54, 1.807) is 0 Å². The van der Waals surface area contributed by atoms with Gasteiger partial charge in [0, 0.05) is 44.5 Å². The summed E-state index contributed by atoms with van der Waals surface area (Å²) >= 11 is 0. The van der Waals surface area contributed by atoms with Gasteiger partial charge in [0.05, 0.1) is 18.2 Å². The van der Waals surface area contributed by atoms with Gasteiger partial charge in [-0.05, 0) is 50.5 Å². The van der Waals surface area contributed by atoms with Crippen molar-refractivity contribution in [1.82, 2.24) is 9.80 Å². The molecule has 2 fully saturated rings. The van der Waals surface area contributed by atoms with Crippen LogP contribution in [0.3, 0.4) is 0 Å². The summed E-state index contributed by atoms with van der Waals surface area (Å²) in [5.41, 5.74) is 1.86. The number of hydrogen-bond acceptors (Lipinski definition) is 4. The van der Waals surface area contributed by atoms with Crippen molar-refractivity contribution in [3.05, 3.63) is 29.8 Å². The topological polar surface area (TPSA) is 50.6 Å². The molecule has 3 rings (SSSR count). The second kappa shape index (κ2) is 9.75. The largest absolute Gasteiger partial charge is 0.370 e. The van der Waals surface area contributed by atoms with Gasteiger partial charge in [0.1, 0.15) is 0 Å². The van der Waals surface area contributed by atoms with Gasteiger partial charge in [0.2, 0.25) is 5.91 Å². The first-order chi connectivity index (χ1) is 13.2. The van der Waals surface area contributed by atoms with Crippen molar-refractivity contribution in [2.75, 3.05) is 44.2 Å². The Labute approximate surface area is 163 Å². The van der Waals surface area contributed by atoms with E-state index in [0.29, 0.717) is 24.1 Å². The summed E-state index contributed by atoms with van der Waals surface area (Å²) in [5, 5.41) is 8.96. The monoisotopic (exact) mass is 368 g/mol. The van der Waals surface area contributed by atoms with E-state index >= 15 is 0 Å². The van der Waals surface area contributed by atoms with Crippen LogP contribution in [0.15, 0.2) is 24.3 Å². The molecule has 0 bridgehead atoms. The highest BCUT2D eigenvalue weighted by atomic mass is 16.2. The van der Waals surface area contributed by atoms with Crippen molar-refractivity contribution in [3.63, 3.8) is 0 Å². The standard InChI is InChI=1S/C22H32N4O/c1-2-26(21-7-4-3-5-8-21)22(27)18-24-13-6-14-25(16-15-24)20-11-9-19(17-23)10-12-20/h9-12,21H,2-8,13-16,18H2,1H3. The second-order valence-electron chi connectivity index (χ2n) is 7.75. The van der Waals surface area contributed by atoms with Crippen molar-refractivity contribution < 1.29 is 4.79 Å². The fraction of sp³-hybridized carbons (Fsp3) is 0.636. The van der Waals surface area contributed by atoms with Gasteiger partial charge < -0.3 is 9.80 Å². The number of carbonyl (C=O) groups excluding carboxylic acids is 1. The summed E-state index contributed by atoms with van der Waals surface area (Å²) in [4.78, 5) is 19.7. The van der Waals surface area contributed by atoms with E-state index in [1.807, 2.05) is 24.3 Å². The van der Waals surface area contributed by atoms with Crippen molar-refractivity contribution in [3.8, 4) is 6.07 Å². The van der Waals surface area contributed by atoms with Crippen molar-refractivity contribution in [1.29, 1.82) is 5.26 Å². The van der Waals surface area contributed by atoms with Crippen LogP contribution in [0.4, 0.5) is 5.69 Å². The number of likely N-dealkylation sites (N-methyl/N-ethyl adjacent to an activating group) is 1. The molecule has 1 aromatic rings. The summed E-state index contributed by atoms with van der Waals surface area (Å²) in [7, 11) is 0. The molecular weight excluding hydrogens is 336 g/mol. The van der Waals surface area contributed by atoms with E-state index in [4.69, 9.17) is 5.26 Å². The molecule has 0 atom stereocenters. The second-order valence-corrected chi connectivity index (χ2v) is 7.75. The Morgan fingerprint density at radius 3 is 2.48 bits per heavy atom. The number of rotatable bonds is 5. The van der Waals surface area contributed by atoms with Crippen LogP contribution in [-0.2, 0) is 4.79 Å². The first-order valence-electron chi connectivity index (χ1n) is 10.5. The van der Waals surface area contributed by atoms with E-state index in [9.17, 15) is 4.79 Å². The van der Waals surface area contributed by atoms with Crippen molar-refractivity contribution >= 4 is 11.6 Å². The SMILES string of the molecule is CCN(C(=O)CN1CCCN(c2ccc(C#N)cc2)CC1)C1CCCCC1. The van der Waals surface area contributed by atoms with Gasteiger partial charge in [-0.15, -0.1) is 0 Å². The third-order valence-corrected chi connectivity index (χ3v) is 5.99. The third-order valence-electron chi connectivity index (χ3n) is 5.99. The summed E-state index contributed by atoms with van der Waals surface area (Å²) in [6.07, 6.45) is 7.25. The lowest BCUT2D eigenvalue weighted by Gasteiger charge is -2.35. The van der Waals surface area contributed by atoms with Crippen molar-refractivity contribution in [2.45, 2.75) is 51.5 Å². The van der Waals surface area contributed by atoms with Crippen LogP contribution < -0.4 is 4.90 Å². The molecule has 0 aromatic heterocycles. The average molecular weight is 369 g/mol. The predicted molar refractivity (Wildman–Crippen MR) is 109 cm³/mol. The van der Waals surface area contributed by atoms with Crippen LogP contribution in [0.1, 0.15) is 51.0 Å². The van der Waals surface area contributed by atoms with Crippen LogP contribution in [0, 0.1) is 11.3 Å². The zero-order chi connectivity index (χ0) is 19.1. The maximum atomic E-state index is 12.9. The minimum atomic E-state index is 0.302. The quantitative estimate of drug-likeness (QED) is 0.800. The van der Waals surface area contributed by atoms with E-state index < -0.39 is 0 Å². The smallest absolute Gasteiger partial charge is 0.236 e. The molecule has 1 saturated heterocycles. The first kappa shape index (κ1) is 19.7. The fourth-order valence-corrected chi connectivity index (χ4v) is 4.45. The number of hydrogen-bond donors (Lipinski definition) is 0. The van der Waals surface area contributed by atoms with Crippen LogP contribution in [-0.4, -0.2) is 61.0 Å². The van der Waals surface area contributed by atoms with Gasteiger partial charge in [-0.3, -0.25) is 9.69 Å². The third kappa shape index (κ3) is 5.23. The minimum absolute atomic E-state index is 0.302. The molecule has 5 nitrogen and oxygen atoms in total. The zero-order valence-electron chi connectivity index (χ0n) is 16.6. The number of benzene rings is 1. The van der Waals surface area contributed by atoms with E-state index in [1.165, 1.54) is 37.8 Å². The average Bonchev–Trinajstić information content (AvgIpc) is 2.95. The Balaban J connectivity index is 1.54. The summed E-state index contributed by atoms with van der Waals surface area (Å²) < 4.78 is 0. The Hall–Kier alpha value is -2.06. The van der Waals surface area contributed by atoms with E-state index in [-0.39, 0.29) is 0 Å². The normalized spacial score (nSPS) is 19.3. The fourth-order valence-electron chi connectivity index (χ4n) is 4.45. The molecule has 146 valence electrons. The molecule has 0 unspecified atom stereocenters. The zero-order valence-corrected chi connectivity index (χ0v) is 16.6. The van der Waals surface area contributed by atoms with Gasteiger partial charge in [-0.2, -0.15) is 5.26 Å². The van der Waals surface area contributed by atoms with Gasteiger partial charge in [0.15, 0.2) is 0 Å². The summed E-state index contributed by atoms with van der Waals surface area (Å²) in [6.45, 7) is 7.29. The molecule has 1 amide bonds. The highest BCUT2D eigenvalue weighted by Gasteiger charge is 2.26. The number of amides is 1. The number of carbonyl (C=O) groups is 1. The molecule has 5 heteroatoms. The maximum absolute atomic E-state index is 12.9. The van der Waals surface area contributed by atoms with E-state index in [0.717, 1.165) is 39.1 Å². The molecule has 2 aliphatic rings. The lowest BCUT2D eigenvalue weighted by molar-refractivity contribution is -0.135. The highest BCUT2D eigenvalue weighted by molar-refractivity contribution is 5.78. The molecule has 1 aliphatic heterocycles. The minimum Gasteiger partial charge on any atom is -0.370 e. The summed E-state index contributed by atoms with van der Waals surface area (Å²) in [5.74, 6) is 0.302.